The molecule has 3 heteroatoms. The third kappa shape index (κ3) is 0.814. The Balaban J connectivity index is 2.14. The van der Waals surface area contributed by atoms with Gasteiger partial charge in [0.15, 0.2) is 0 Å². The first kappa shape index (κ1) is 6.16. The summed E-state index contributed by atoms with van der Waals surface area (Å²) in [5.74, 6) is 0.568. The Morgan fingerprint density at radius 3 is 3.20 bits per heavy atom. The van der Waals surface area contributed by atoms with Gasteiger partial charge in [-0.2, -0.15) is 0 Å². The molecule has 0 amide bonds. The second kappa shape index (κ2) is 2.23. The Bertz CT molecular complexity index is 167. The van der Waals surface area contributed by atoms with Crippen LogP contribution in [0.3, 0.4) is 0 Å². The van der Waals surface area contributed by atoms with E-state index in [-0.39, 0.29) is 0 Å². The van der Waals surface area contributed by atoms with E-state index in [0.717, 1.165) is 25.2 Å². The van der Waals surface area contributed by atoms with E-state index >= 15 is 0 Å². The van der Waals surface area contributed by atoms with Gasteiger partial charge in [0.2, 0.25) is 0 Å². The average Bonchev–Trinajstić information content (AvgIpc) is 2.34. The number of rotatable bonds is 0. The van der Waals surface area contributed by atoms with Crippen molar-refractivity contribution in [3.63, 3.8) is 0 Å². The maximum atomic E-state index is 8.58. The maximum absolute atomic E-state index is 8.58. The number of hydrogen-bond acceptors (Lipinski definition) is 3. The molecule has 10 heavy (non-hydrogen) atoms. The molecule has 2 bridgehead atoms. The fourth-order valence-corrected chi connectivity index (χ4v) is 1.92. The van der Waals surface area contributed by atoms with E-state index in [1.807, 2.05) is 0 Å². The van der Waals surface area contributed by atoms with E-state index in [2.05, 4.69) is 10.1 Å². The van der Waals surface area contributed by atoms with Gasteiger partial charge in [0.1, 0.15) is 0 Å². The highest BCUT2D eigenvalue weighted by Crippen LogP contribution is 2.24. The molecule has 2 aliphatic heterocycles. The monoisotopic (exact) mass is 140 g/mol. The lowest BCUT2D eigenvalue weighted by molar-refractivity contribution is 0.295. The smallest absolute Gasteiger partial charge is 0.0627 e. The molecule has 2 atom stereocenters. The van der Waals surface area contributed by atoms with Crippen LogP contribution in [0, 0.1) is 5.92 Å². The van der Waals surface area contributed by atoms with Gasteiger partial charge in [0.05, 0.1) is 5.71 Å². The molecule has 0 aromatic rings. The highest BCUT2D eigenvalue weighted by Gasteiger charge is 2.31. The van der Waals surface area contributed by atoms with Gasteiger partial charge >= 0.3 is 0 Å². The van der Waals surface area contributed by atoms with E-state index in [1.54, 1.807) is 0 Å². The predicted molar refractivity (Wildman–Crippen MR) is 38.4 cm³/mol. The molecule has 0 saturated carbocycles. The summed E-state index contributed by atoms with van der Waals surface area (Å²) >= 11 is 0. The highest BCUT2D eigenvalue weighted by atomic mass is 16.4. The van der Waals surface area contributed by atoms with Crippen LogP contribution >= 0.6 is 0 Å². The van der Waals surface area contributed by atoms with Crippen LogP contribution in [-0.4, -0.2) is 35.5 Å². The van der Waals surface area contributed by atoms with E-state index in [0.29, 0.717) is 5.92 Å². The third-order valence-corrected chi connectivity index (χ3v) is 2.56. The SMILES string of the molecule is O/N=C1\CCN2CC[C@@H]1C2. The van der Waals surface area contributed by atoms with Gasteiger partial charge in [-0.3, -0.25) is 0 Å². The zero-order valence-electron chi connectivity index (χ0n) is 5.95. The van der Waals surface area contributed by atoms with Crippen molar-refractivity contribution < 1.29 is 5.21 Å². The first-order valence-electron chi connectivity index (χ1n) is 3.83. The Morgan fingerprint density at radius 2 is 2.40 bits per heavy atom. The fraction of sp³-hybridized carbons (Fsp3) is 0.857. The number of nitrogens with zero attached hydrogens (tertiary/aromatic N) is 2. The largest absolute Gasteiger partial charge is 0.411 e. The van der Waals surface area contributed by atoms with Crippen LogP contribution < -0.4 is 0 Å². The van der Waals surface area contributed by atoms with Crippen molar-refractivity contribution in [3.05, 3.63) is 0 Å². The second-order valence-corrected chi connectivity index (χ2v) is 3.13. The van der Waals surface area contributed by atoms with Crippen LogP contribution in [0.15, 0.2) is 5.16 Å². The summed E-state index contributed by atoms with van der Waals surface area (Å²) in [6.45, 7) is 3.42. The first-order chi connectivity index (χ1) is 4.90. The van der Waals surface area contributed by atoms with E-state index in [1.165, 1.54) is 13.0 Å². The molecule has 0 aliphatic carbocycles. The first-order valence-corrected chi connectivity index (χ1v) is 3.83. The quantitative estimate of drug-likeness (QED) is 0.394. The van der Waals surface area contributed by atoms with Gasteiger partial charge in [0, 0.05) is 25.4 Å². The van der Waals surface area contributed by atoms with Crippen molar-refractivity contribution in [2.75, 3.05) is 19.6 Å². The second-order valence-electron chi connectivity index (χ2n) is 3.13. The van der Waals surface area contributed by atoms with Crippen LogP contribution in [0.5, 0.6) is 0 Å². The molecule has 1 unspecified atom stereocenters. The van der Waals surface area contributed by atoms with Gasteiger partial charge in [-0.1, -0.05) is 5.16 Å². The normalized spacial score (nSPS) is 42.6. The molecule has 0 radical (unpaired) electrons. The summed E-state index contributed by atoms with van der Waals surface area (Å²) in [6, 6.07) is 0. The van der Waals surface area contributed by atoms with Gasteiger partial charge in [0.25, 0.3) is 0 Å². The molecule has 0 spiro atoms. The Kier molecular flexibility index (Phi) is 1.38. The molecule has 2 aliphatic rings. The van der Waals surface area contributed by atoms with Crippen LogP contribution in [0.4, 0.5) is 0 Å². The summed E-state index contributed by atoms with van der Waals surface area (Å²) in [5.41, 5.74) is 1.02. The number of oxime groups is 1. The summed E-state index contributed by atoms with van der Waals surface area (Å²) in [7, 11) is 0. The number of piperidine rings is 1. The predicted octanol–water partition coefficient (Wildman–Crippen LogP) is 0.542. The lowest BCUT2D eigenvalue weighted by Crippen LogP contribution is -2.32. The molecule has 2 heterocycles. The van der Waals surface area contributed by atoms with Gasteiger partial charge < -0.3 is 10.1 Å². The minimum atomic E-state index is 0.568. The van der Waals surface area contributed by atoms with E-state index in [9.17, 15) is 0 Å². The molecular weight excluding hydrogens is 128 g/mol. The minimum absolute atomic E-state index is 0.568. The topological polar surface area (TPSA) is 35.8 Å². The van der Waals surface area contributed by atoms with Crippen molar-refractivity contribution in [1.82, 2.24) is 4.90 Å². The number of hydrogen-bond donors (Lipinski definition) is 1. The third-order valence-electron chi connectivity index (χ3n) is 2.56. The lowest BCUT2D eigenvalue weighted by Gasteiger charge is -2.22. The lowest BCUT2D eigenvalue weighted by atomic mass is 9.98. The fourth-order valence-electron chi connectivity index (χ4n) is 1.92. The molecule has 56 valence electrons. The van der Waals surface area contributed by atoms with Crippen molar-refractivity contribution in [2.45, 2.75) is 12.8 Å². The zero-order chi connectivity index (χ0) is 6.97. The molecule has 2 fully saturated rings. The molecule has 3 nitrogen and oxygen atoms in total. The summed E-state index contributed by atoms with van der Waals surface area (Å²) < 4.78 is 0. The molecular formula is C7H12N2O. The minimum Gasteiger partial charge on any atom is -0.411 e. The standard InChI is InChI=1S/C7H12N2O/c10-8-7-2-4-9-3-1-6(7)5-9/h6,10H,1-5H2/b8-7+/t6-/m1/s1. The van der Waals surface area contributed by atoms with Gasteiger partial charge in [-0.25, -0.2) is 0 Å². The molecule has 2 rings (SSSR count). The average molecular weight is 140 g/mol. The summed E-state index contributed by atoms with van der Waals surface area (Å²) in [6.07, 6.45) is 2.17. The van der Waals surface area contributed by atoms with Crippen molar-refractivity contribution in [2.24, 2.45) is 11.1 Å². The zero-order valence-corrected chi connectivity index (χ0v) is 5.95. The molecule has 1 N–H and O–H groups in total. The van der Waals surface area contributed by atoms with E-state index < -0.39 is 0 Å². The van der Waals surface area contributed by atoms with Gasteiger partial charge in [-0.15, -0.1) is 0 Å². The van der Waals surface area contributed by atoms with Crippen LogP contribution in [0.25, 0.3) is 0 Å². The molecule has 0 aromatic heterocycles. The maximum Gasteiger partial charge on any atom is 0.0627 e. The summed E-state index contributed by atoms with van der Waals surface area (Å²) in [4.78, 5) is 2.43. The number of fused-ring (bicyclic) bond motifs is 2. The van der Waals surface area contributed by atoms with Crippen molar-refractivity contribution in [3.8, 4) is 0 Å². The molecule has 0 aromatic carbocycles. The van der Waals surface area contributed by atoms with Crippen molar-refractivity contribution >= 4 is 5.71 Å². The summed E-state index contributed by atoms with van der Waals surface area (Å²) in [5, 5.41) is 11.9. The van der Waals surface area contributed by atoms with Gasteiger partial charge in [-0.05, 0) is 13.0 Å². The van der Waals surface area contributed by atoms with Crippen molar-refractivity contribution in [1.29, 1.82) is 0 Å². The van der Waals surface area contributed by atoms with Crippen LogP contribution in [-0.2, 0) is 0 Å². The van der Waals surface area contributed by atoms with E-state index in [4.69, 9.17) is 5.21 Å². The Labute approximate surface area is 60.3 Å². The van der Waals surface area contributed by atoms with Crippen LogP contribution in [0.2, 0.25) is 0 Å². The Morgan fingerprint density at radius 1 is 1.50 bits per heavy atom. The highest BCUT2D eigenvalue weighted by molar-refractivity contribution is 5.87. The van der Waals surface area contributed by atoms with Crippen LogP contribution in [0.1, 0.15) is 12.8 Å². The molecule has 2 saturated heterocycles. The Hall–Kier alpha value is -0.570.